The van der Waals surface area contributed by atoms with Gasteiger partial charge in [-0.2, -0.15) is 0 Å². The molecule has 1 saturated carbocycles. The highest BCUT2D eigenvalue weighted by Crippen LogP contribution is 2.31. The Morgan fingerprint density at radius 3 is 2.78 bits per heavy atom. The van der Waals surface area contributed by atoms with E-state index >= 15 is 0 Å². The number of carbonyl (C=O) groups excluding carboxylic acids is 1. The van der Waals surface area contributed by atoms with Gasteiger partial charge in [-0.15, -0.1) is 36.2 Å². The smallest absolute Gasteiger partial charge is 0.251 e. The number of hydrogen-bond acceptors (Lipinski definition) is 4. The lowest BCUT2D eigenvalue weighted by atomic mass is 10.1. The Balaban J connectivity index is 0.00000132. The average Bonchev–Trinajstić information content (AvgIpc) is 3.26. The highest BCUT2D eigenvalue weighted by Gasteiger charge is 2.28. The number of aryl methyl sites for hydroxylation is 1. The summed E-state index contributed by atoms with van der Waals surface area (Å²) in [6.07, 6.45) is 2.38. The molecule has 1 unspecified atom stereocenters. The van der Waals surface area contributed by atoms with Crippen LogP contribution in [0.5, 0.6) is 0 Å². The summed E-state index contributed by atoms with van der Waals surface area (Å²) in [7, 11) is 0. The van der Waals surface area contributed by atoms with Gasteiger partial charge in [-0.25, -0.2) is 4.98 Å². The van der Waals surface area contributed by atoms with Gasteiger partial charge in [0, 0.05) is 29.1 Å². The molecule has 0 bridgehead atoms. The third-order valence-corrected chi connectivity index (χ3v) is 4.54. The number of nitrogens with zero attached hydrogens (tertiary/aromatic N) is 1. The predicted octanol–water partition coefficient (Wildman–Crippen LogP) is 3.43. The van der Waals surface area contributed by atoms with E-state index in [9.17, 15) is 4.79 Å². The number of carbonyl (C=O) groups is 1. The Labute approximate surface area is 152 Å². The van der Waals surface area contributed by atoms with Crippen molar-refractivity contribution in [1.82, 2.24) is 10.3 Å². The van der Waals surface area contributed by atoms with Crippen molar-refractivity contribution in [2.45, 2.75) is 25.8 Å². The molecule has 0 saturated heterocycles. The van der Waals surface area contributed by atoms with Crippen LogP contribution in [-0.2, 0) is 0 Å². The topological polar surface area (TPSA) is 68.0 Å². The molecule has 4 nitrogen and oxygen atoms in total. The highest BCUT2D eigenvalue weighted by molar-refractivity contribution is 7.09. The number of amides is 1. The van der Waals surface area contributed by atoms with E-state index < -0.39 is 0 Å². The van der Waals surface area contributed by atoms with Crippen LogP contribution in [0.15, 0.2) is 29.6 Å². The fourth-order valence-corrected chi connectivity index (χ4v) is 2.94. The van der Waals surface area contributed by atoms with Crippen molar-refractivity contribution in [3.05, 3.63) is 40.2 Å². The molecular weight excluding hydrogens is 353 g/mol. The molecule has 1 aliphatic rings. The summed E-state index contributed by atoms with van der Waals surface area (Å²) in [6.45, 7) is 2.52. The molecule has 2 aromatic rings. The van der Waals surface area contributed by atoms with Crippen LogP contribution in [-0.4, -0.2) is 23.5 Å². The van der Waals surface area contributed by atoms with Crippen molar-refractivity contribution in [2.24, 2.45) is 11.7 Å². The quantitative estimate of drug-likeness (QED) is 0.843. The molecule has 0 aliphatic heterocycles. The predicted molar refractivity (Wildman–Crippen MR) is 99.8 cm³/mol. The van der Waals surface area contributed by atoms with Gasteiger partial charge < -0.3 is 11.1 Å². The van der Waals surface area contributed by atoms with Gasteiger partial charge in [-0.05, 0) is 37.8 Å². The minimum absolute atomic E-state index is 0. The largest absolute Gasteiger partial charge is 0.350 e. The number of rotatable bonds is 5. The maximum atomic E-state index is 12.2. The molecule has 1 fully saturated rings. The molecule has 1 heterocycles. The molecule has 7 heteroatoms. The number of benzene rings is 1. The van der Waals surface area contributed by atoms with Crippen LogP contribution >= 0.6 is 36.2 Å². The van der Waals surface area contributed by atoms with E-state index in [1.54, 1.807) is 11.3 Å². The van der Waals surface area contributed by atoms with E-state index in [4.69, 9.17) is 5.73 Å². The fourth-order valence-electron chi connectivity index (χ4n) is 2.32. The van der Waals surface area contributed by atoms with Crippen molar-refractivity contribution in [1.29, 1.82) is 0 Å². The summed E-state index contributed by atoms with van der Waals surface area (Å²) < 4.78 is 0. The van der Waals surface area contributed by atoms with Crippen LogP contribution < -0.4 is 11.1 Å². The molecule has 1 aromatic heterocycles. The Morgan fingerprint density at radius 1 is 1.43 bits per heavy atom. The maximum absolute atomic E-state index is 12.2. The maximum Gasteiger partial charge on any atom is 0.251 e. The molecule has 0 radical (unpaired) electrons. The third-order valence-electron chi connectivity index (χ3n) is 3.77. The number of thiazole rings is 1. The lowest BCUT2D eigenvalue weighted by molar-refractivity contribution is 0.0950. The Kier molecular flexibility index (Phi) is 7.48. The standard InChI is InChI=1S/C16H19N3OS.2ClH/c1-10-19-15(9-21-10)12-3-2-4-13(7-12)16(20)18-8-14(17)11-5-6-11;;/h2-4,7,9,11,14H,5-6,8,17H2,1H3,(H,18,20);2*1H. The SMILES string of the molecule is Cc1nc(-c2cccc(C(=O)NCC(N)C3CC3)c2)cs1.Cl.Cl. The van der Waals surface area contributed by atoms with Gasteiger partial charge in [0.15, 0.2) is 0 Å². The van der Waals surface area contributed by atoms with Crippen LogP contribution in [0.2, 0.25) is 0 Å². The van der Waals surface area contributed by atoms with Crippen molar-refractivity contribution >= 4 is 42.1 Å². The van der Waals surface area contributed by atoms with E-state index in [1.165, 1.54) is 12.8 Å². The van der Waals surface area contributed by atoms with Crippen LogP contribution in [0.4, 0.5) is 0 Å². The zero-order valence-electron chi connectivity index (χ0n) is 12.8. The zero-order valence-corrected chi connectivity index (χ0v) is 15.3. The first-order valence-electron chi connectivity index (χ1n) is 7.20. The highest BCUT2D eigenvalue weighted by atomic mass is 35.5. The molecule has 1 aromatic carbocycles. The summed E-state index contributed by atoms with van der Waals surface area (Å²) in [4.78, 5) is 16.7. The second-order valence-corrected chi connectivity index (χ2v) is 6.61. The molecule has 1 atom stereocenters. The lowest BCUT2D eigenvalue weighted by Gasteiger charge is -2.11. The second kappa shape index (κ2) is 8.64. The van der Waals surface area contributed by atoms with Crippen LogP contribution in [0.3, 0.4) is 0 Å². The molecule has 1 amide bonds. The van der Waals surface area contributed by atoms with Gasteiger partial charge in [0.1, 0.15) is 0 Å². The van der Waals surface area contributed by atoms with Gasteiger partial charge in [-0.1, -0.05) is 12.1 Å². The Hall–Kier alpha value is -1.14. The minimum Gasteiger partial charge on any atom is -0.350 e. The molecule has 3 rings (SSSR count). The van der Waals surface area contributed by atoms with Crippen molar-refractivity contribution in [3.8, 4) is 11.3 Å². The summed E-state index contributed by atoms with van der Waals surface area (Å²) in [5.41, 5.74) is 8.55. The van der Waals surface area contributed by atoms with Gasteiger partial charge in [0.2, 0.25) is 0 Å². The van der Waals surface area contributed by atoms with Crippen molar-refractivity contribution in [2.75, 3.05) is 6.54 Å². The molecule has 126 valence electrons. The van der Waals surface area contributed by atoms with E-state index in [0.29, 0.717) is 18.0 Å². The normalized spacial score (nSPS) is 14.3. The number of nitrogens with one attached hydrogen (secondary N) is 1. The third kappa shape index (κ3) is 5.18. The number of halogens is 2. The van der Waals surface area contributed by atoms with Crippen molar-refractivity contribution in [3.63, 3.8) is 0 Å². The first kappa shape index (κ1) is 19.9. The van der Waals surface area contributed by atoms with Crippen LogP contribution in [0.25, 0.3) is 11.3 Å². The molecular formula is C16H21Cl2N3OS. The minimum atomic E-state index is -0.0695. The zero-order chi connectivity index (χ0) is 14.8. The fraction of sp³-hybridized carbons (Fsp3) is 0.375. The van der Waals surface area contributed by atoms with Gasteiger partial charge in [0.05, 0.1) is 10.7 Å². The van der Waals surface area contributed by atoms with E-state index in [1.807, 2.05) is 36.6 Å². The monoisotopic (exact) mass is 373 g/mol. The molecule has 3 N–H and O–H groups in total. The van der Waals surface area contributed by atoms with Crippen LogP contribution in [0.1, 0.15) is 28.2 Å². The lowest BCUT2D eigenvalue weighted by Crippen LogP contribution is -2.38. The van der Waals surface area contributed by atoms with Gasteiger partial charge in [0.25, 0.3) is 5.91 Å². The Morgan fingerprint density at radius 2 is 2.17 bits per heavy atom. The van der Waals surface area contributed by atoms with Crippen molar-refractivity contribution < 1.29 is 4.79 Å². The first-order valence-corrected chi connectivity index (χ1v) is 8.08. The van der Waals surface area contributed by atoms with Gasteiger partial charge in [-0.3, -0.25) is 4.79 Å². The second-order valence-electron chi connectivity index (χ2n) is 5.54. The summed E-state index contributed by atoms with van der Waals surface area (Å²) in [5.74, 6) is 0.523. The summed E-state index contributed by atoms with van der Waals surface area (Å²) in [6, 6.07) is 7.65. The van der Waals surface area contributed by atoms with E-state index in [0.717, 1.165) is 16.3 Å². The van der Waals surface area contributed by atoms with E-state index in [-0.39, 0.29) is 36.8 Å². The summed E-state index contributed by atoms with van der Waals surface area (Å²) >= 11 is 1.61. The number of aromatic nitrogens is 1. The molecule has 0 spiro atoms. The van der Waals surface area contributed by atoms with Gasteiger partial charge >= 0.3 is 0 Å². The molecule has 23 heavy (non-hydrogen) atoms. The molecule has 1 aliphatic carbocycles. The average molecular weight is 374 g/mol. The first-order chi connectivity index (χ1) is 10.1. The van der Waals surface area contributed by atoms with E-state index in [2.05, 4.69) is 10.3 Å². The summed E-state index contributed by atoms with van der Waals surface area (Å²) in [5, 5.41) is 5.95. The number of nitrogens with two attached hydrogens (primary N) is 1. The number of hydrogen-bond donors (Lipinski definition) is 2. The van der Waals surface area contributed by atoms with Crippen LogP contribution in [0, 0.1) is 12.8 Å². The Bertz CT molecular complexity index is 658.